The van der Waals surface area contributed by atoms with Crippen LogP contribution in [0.1, 0.15) is 70.3 Å². The maximum Gasteiger partial charge on any atom is 0.335 e. The molecular weight excluding hydrogens is 1040 g/mol. The molecule has 7 N–H and O–H groups in total. The predicted octanol–water partition coefficient (Wildman–Crippen LogP) is 3.48. The van der Waals surface area contributed by atoms with Gasteiger partial charge in [0.1, 0.15) is 29.8 Å². The summed E-state index contributed by atoms with van der Waals surface area (Å²) in [6.07, 6.45) is 1.32. The lowest BCUT2D eigenvalue weighted by Crippen LogP contribution is -2.61. The SMILES string of the molecule is CC1CC(=O)N(CCOCCOCCOCCC(=O)NCCC(=O)Nc2cc(C[n+]3cccc(-c4cn(CCCCCCCC(=O)Nc5ccccc5-c5ccccc5)nn4)c3)ccc2O[C@@H]2O[C@H](C(=O)O)[C@@H](O)[C@H](O)[C@H]2O)C1=O. The van der Waals surface area contributed by atoms with Crippen LogP contribution in [0.3, 0.4) is 0 Å². The lowest BCUT2D eigenvalue weighted by molar-refractivity contribution is -0.687. The number of aromatic nitrogens is 4. The van der Waals surface area contributed by atoms with E-state index < -0.39 is 42.6 Å². The summed E-state index contributed by atoms with van der Waals surface area (Å²) >= 11 is 0. The Morgan fingerprint density at radius 1 is 0.713 bits per heavy atom. The second-order valence-electron chi connectivity index (χ2n) is 19.5. The Hall–Kier alpha value is -7.51. The molecule has 3 aromatic carbocycles. The summed E-state index contributed by atoms with van der Waals surface area (Å²) in [5, 5.41) is 58.2. The number of carbonyl (C=O) groups excluding carboxylic acids is 5. The van der Waals surface area contributed by atoms with E-state index in [9.17, 15) is 49.2 Å². The van der Waals surface area contributed by atoms with Crippen molar-refractivity contribution in [3.05, 3.63) is 109 Å². The third-order valence-corrected chi connectivity index (χ3v) is 13.3. The minimum absolute atomic E-state index is 0.00361. The number of pyridine rings is 1. The van der Waals surface area contributed by atoms with Crippen molar-refractivity contribution in [1.82, 2.24) is 25.2 Å². The van der Waals surface area contributed by atoms with Gasteiger partial charge in [-0.15, -0.1) is 5.10 Å². The van der Waals surface area contributed by atoms with Gasteiger partial charge < -0.3 is 60.1 Å². The molecule has 2 aliphatic rings. The summed E-state index contributed by atoms with van der Waals surface area (Å²) in [6, 6.07) is 26.3. The number of carbonyl (C=O) groups is 6. The van der Waals surface area contributed by atoms with E-state index in [1.165, 1.54) is 11.0 Å². The molecule has 0 aliphatic carbocycles. The molecule has 0 bridgehead atoms. The van der Waals surface area contributed by atoms with Gasteiger partial charge in [-0.1, -0.05) is 79.9 Å². The van der Waals surface area contributed by atoms with E-state index in [1.54, 1.807) is 23.7 Å². The molecule has 23 nitrogen and oxygen atoms in total. The number of hydrogen-bond acceptors (Lipinski definition) is 16. The number of rotatable bonds is 32. The predicted molar refractivity (Wildman–Crippen MR) is 288 cm³/mol. The van der Waals surface area contributed by atoms with Gasteiger partial charge in [0.25, 0.3) is 0 Å². The molecule has 7 rings (SSSR count). The van der Waals surface area contributed by atoms with E-state index in [-0.39, 0.29) is 113 Å². The lowest BCUT2D eigenvalue weighted by atomic mass is 9.99. The number of carboxylic acids is 1. The van der Waals surface area contributed by atoms with Crippen LogP contribution in [0.15, 0.2) is 104 Å². The summed E-state index contributed by atoms with van der Waals surface area (Å²) in [7, 11) is 0. The number of carboxylic acid groups (broad SMARTS) is 1. The first-order valence-corrected chi connectivity index (χ1v) is 26.9. The molecular formula is C57H71N8O15+. The number of amides is 5. The number of likely N-dealkylation sites (tertiary alicyclic amines) is 1. The van der Waals surface area contributed by atoms with Crippen molar-refractivity contribution >= 4 is 46.9 Å². The van der Waals surface area contributed by atoms with Crippen molar-refractivity contribution < 1.29 is 77.4 Å². The number of imide groups is 1. The van der Waals surface area contributed by atoms with E-state index in [0.717, 1.165) is 54.5 Å². The summed E-state index contributed by atoms with van der Waals surface area (Å²) < 4.78 is 31.3. The van der Waals surface area contributed by atoms with Crippen molar-refractivity contribution in [2.45, 2.75) is 109 Å². The zero-order valence-electron chi connectivity index (χ0n) is 44.7. The summed E-state index contributed by atoms with van der Waals surface area (Å²) in [4.78, 5) is 75.5. The van der Waals surface area contributed by atoms with E-state index in [4.69, 9.17) is 23.7 Å². The van der Waals surface area contributed by atoms with Crippen molar-refractivity contribution in [1.29, 1.82) is 0 Å². The molecule has 6 atom stereocenters. The summed E-state index contributed by atoms with van der Waals surface area (Å²) in [6.45, 7) is 4.21. The zero-order chi connectivity index (χ0) is 56.8. The minimum atomic E-state index is -1.94. The molecule has 0 radical (unpaired) electrons. The Morgan fingerprint density at radius 2 is 1.40 bits per heavy atom. The van der Waals surface area contributed by atoms with Gasteiger partial charge in [0.05, 0.1) is 63.6 Å². The number of ether oxygens (including phenoxy) is 5. The van der Waals surface area contributed by atoms with Crippen molar-refractivity contribution in [2.24, 2.45) is 5.92 Å². The van der Waals surface area contributed by atoms with Crippen LogP contribution in [0.2, 0.25) is 0 Å². The Labute approximate surface area is 463 Å². The average molecular weight is 1110 g/mol. The summed E-state index contributed by atoms with van der Waals surface area (Å²) in [5.74, 6) is -3.20. The fourth-order valence-electron chi connectivity index (χ4n) is 9.00. The fraction of sp³-hybridized carbons (Fsp3) is 0.456. The average Bonchev–Trinajstić information content (AvgIpc) is 4.02. The van der Waals surface area contributed by atoms with Crippen molar-refractivity contribution in [3.63, 3.8) is 0 Å². The molecule has 2 fully saturated rings. The quantitative estimate of drug-likeness (QED) is 0.0184. The normalized spacial score (nSPS) is 19.0. The number of nitrogens with zero attached hydrogens (tertiary/aromatic N) is 5. The smallest absolute Gasteiger partial charge is 0.335 e. The maximum absolute atomic E-state index is 13.3. The van der Waals surface area contributed by atoms with Crippen LogP contribution in [0.5, 0.6) is 5.75 Å². The zero-order valence-corrected chi connectivity index (χ0v) is 44.7. The molecule has 428 valence electrons. The second-order valence-corrected chi connectivity index (χ2v) is 19.5. The van der Waals surface area contributed by atoms with Crippen LogP contribution in [0, 0.1) is 5.92 Å². The van der Waals surface area contributed by atoms with Crippen LogP contribution in [-0.2, 0) is 60.8 Å². The molecule has 2 saturated heterocycles. The van der Waals surface area contributed by atoms with Gasteiger partial charge in [0.15, 0.2) is 25.0 Å². The van der Waals surface area contributed by atoms with Crippen LogP contribution in [0.25, 0.3) is 22.4 Å². The Morgan fingerprint density at radius 3 is 2.16 bits per heavy atom. The minimum Gasteiger partial charge on any atom is -0.479 e. The van der Waals surface area contributed by atoms with Crippen LogP contribution < -0.4 is 25.3 Å². The van der Waals surface area contributed by atoms with Gasteiger partial charge in [-0.2, -0.15) is 0 Å². The number of benzene rings is 3. The van der Waals surface area contributed by atoms with Crippen molar-refractivity contribution in [3.8, 4) is 28.1 Å². The Balaban J connectivity index is 0.841. The number of aliphatic hydroxyl groups is 3. The molecule has 2 aromatic heterocycles. The molecule has 80 heavy (non-hydrogen) atoms. The van der Waals surface area contributed by atoms with Gasteiger partial charge in [-0.25, -0.2) is 9.36 Å². The standard InChI is InChI=1S/C57H70N8O15/c1-38-33-50(69)65(55(38)73)26-28-77-30-32-78-31-29-76-27-22-47(66)58-23-21-49(68)60-44-34-39(19-20-46(44)79-57-53(72)51(70)52(71)54(80-57)56(74)75)35-63-24-12-15-41(36-63)45-37-64(62-61-45)25-11-4-2-3-8-18-48(67)59-43-17-10-9-16-42(43)40-13-6-5-7-14-40/h5-7,9-10,12-17,19-20,24,34,36-38,51-54,57,70-72H,2-4,8,11,18,21-23,25-33,35H2,1H3,(H3-,58,59,60,66,67,68,74,75)/p+1/t38?,51-,52-,53+,54-,57+/m0/s1. The second kappa shape index (κ2) is 30.7. The topological polar surface area (TPSA) is 303 Å². The molecule has 1 unspecified atom stereocenters. The van der Waals surface area contributed by atoms with E-state index >= 15 is 0 Å². The molecule has 0 saturated carbocycles. The van der Waals surface area contributed by atoms with Gasteiger partial charge in [-0.05, 0) is 48.7 Å². The highest BCUT2D eigenvalue weighted by Crippen LogP contribution is 2.32. The number of aliphatic carboxylic acids is 1. The Kier molecular flexibility index (Phi) is 23.1. The maximum atomic E-state index is 13.3. The highest BCUT2D eigenvalue weighted by Gasteiger charge is 2.48. The first-order chi connectivity index (χ1) is 38.7. The van der Waals surface area contributed by atoms with Crippen LogP contribution in [0.4, 0.5) is 11.4 Å². The summed E-state index contributed by atoms with van der Waals surface area (Å²) in [5.41, 5.74) is 5.10. The van der Waals surface area contributed by atoms with Gasteiger partial charge >= 0.3 is 5.97 Å². The first kappa shape index (κ1) is 60.1. The highest BCUT2D eigenvalue weighted by atomic mass is 16.7. The number of para-hydroxylation sites is 1. The molecule has 5 amide bonds. The number of aryl methyl sites for hydroxylation is 1. The van der Waals surface area contributed by atoms with Gasteiger partial charge in [0, 0.05) is 67.6 Å². The number of nitrogens with one attached hydrogen (secondary N) is 3. The Bertz CT molecular complexity index is 2850. The van der Waals surface area contributed by atoms with Gasteiger partial charge in [0.2, 0.25) is 35.8 Å². The molecule has 5 aromatic rings. The number of hydrogen-bond donors (Lipinski definition) is 7. The largest absolute Gasteiger partial charge is 0.479 e. The highest BCUT2D eigenvalue weighted by molar-refractivity contribution is 6.03. The molecule has 23 heteroatoms. The fourth-order valence-corrected chi connectivity index (χ4v) is 9.00. The van der Waals surface area contributed by atoms with Crippen LogP contribution >= 0.6 is 0 Å². The van der Waals surface area contributed by atoms with E-state index in [0.29, 0.717) is 30.8 Å². The number of aliphatic hydroxyl groups excluding tert-OH is 3. The van der Waals surface area contributed by atoms with E-state index in [1.807, 2.05) is 89.9 Å². The monoisotopic (exact) mass is 1110 g/mol. The molecule has 4 heterocycles. The lowest BCUT2D eigenvalue weighted by Gasteiger charge is -2.38. The first-order valence-electron chi connectivity index (χ1n) is 26.9. The number of anilines is 2. The third kappa shape index (κ3) is 18.0. The molecule has 0 spiro atoms. The van der Waals surface area contributed by atoms with E-state index in [2.05, 4.69) is 26.3 Å². The molecule has 2 aliphatic heterocycles. The third-order valence-electron chi connectivity index (χ3n) is 13.3. The van der Waals surface area contributed by atoms with Crippen molar-refractivity contribution in [2.75, 3.05) is 63.4 Å². The number of unbranched alkanes of at least 4 members (excludes halogenated alkanes) is 4. The van der Waals surface area contributed by atoms with Crippen LogP contribution in [-0.4, -0.2) is 159 Å². The van der Waals surface area contributed by atoms with Gasteiger partial charge in [-0.3, -0.25) is 33.6 Å².